The van der Waals surface area contributed by atoms with Gasteiger partial charge in [0.1, 0.15) is 17.5 Å². The van der Waals surface area contributed by atoms with Crippen molar-refractivity contribution in [2.45, 2.75) is 44.8 Å². The summed E-state index contributed by atoms with van der Waals surface area (Å²) in [6.45, 7) is 2.68. The molecule has 1 saturated heterocycles. The van der Waals surface area contributed by atoms with E-state index in [1.54, 1.807) is 12.1 Å². The van der Waals surface area contributed by atoms with Gasteiger partial charge in [-0.3, -0.25) is 4.90 Å². The van der Waals surface area contributed by atoms with Gasteiger partial charge in [-0.05, 0) is 44.0 Å². The van der Waals surface area contributed by atoms with E-state index in [0.717, 1.165) is 57.0 Å². The number of benzene rings is 1. The summed E-state index contributed by atoms with van der Waals surface area (Å²) in [7, 11) is 0. The molecular formula is C16H18ClFN4. The third kappa shape index (κ3) is 2.42. The van der Waals surface area contributed by atoms with E-state index in [-0.39, 0.29) is 11.9 Å². The lowest BCUT2D eigenvalue weighted by Gasteiger charge is -2.24. The molecule has 3 heterocycles. The molecule has 4 nitrogen and oxygen atoms in total. The normalized spacial score (nSPS) is 21.5. The van der Waals surface area contributed by atoms with Crippen LogP contribution in [0, 0.1) is 5.82 Å². The maximum atomic E-state index is 14.2. The van der Waals surface area contributed by atoms with Crippen molar-refractivity contribution < 1.29 is 4.39 Å². The van der Waals surface area contributed by atoms with Crippen molar-refractivity contribution in [2.75, 3.05) is 6.54 Å². The molecule has 2 aliphatic rings. The summed E-state index contributed by atoms with van der Waals surface area (Å²) in [5, 5.41) is 9.17. The number of likely N-dealkylation sites (tertiary alicyclic amines) is 1. The van der Waals surface area contributed by atoms with Crippen molar-refractivity contribution in [1.82, 2.24) is 19.7 Å². The monoisotopic (exact) mass is 320 g/mol. The van der Waals surface area contributed by atoms with E-state index in [1.165, 1.54) is 6.07 Å². The Kier molecular flexibility index (Phi) is 3.62. The zero-order valence-electron chi connectivity index (χ0n) is 12.3. The maximum absolute atomic E-state index is 14.2. The quantitative estimate of drug-likeness (QED) is 0.869. The van der Waals surface area contributed by atoms with Gasteiger partial charge in [0.25, 0.3) is 0 Å². The molecule has 0 N–H and O–H groups in total. The smallest absolute Gasteiger partial charge is 0.147 e. The van der Waals surface area contributed by atoms with Crippen molar-refractivity contribution in [1.29, 1.82) is 0 Å². The topological polar surface area (TPSA) is 34.0 Å². The second-order valence-corrected chi connectivity index (χ2v) is 6.52. The molecule has 4 rings (SSSR count). The fourth-order valence-electron chi connectivity index (χ4n) is 3.65. The number of hydrogen-bond donors (Lipinski definition) is 0. The first-order valence-electron chi connectivity index (χ1n) is 7.82. The Balaban J connectivity index is 1.59. The van der Waals surface area contributed by atoms with Crippen molar-refractivity contribution in [2.24, 2.45) is 0 Å². The molecule has 1 aromatic heterocycles. The van der Waals surface area contributed by atoms with Gasteiger partial charge in [0.15, 0.2) is 0 Å². The van der Waals surface area contributed by atoms with Crippen molar-refractivity contribution in [3.05, 3.63) is 46.3 Å². The highest BCUT2D eigenvalue weighted by atomic mass is 35.5. The standard InChI is InChI=1S/C16H18ClFN4/c17-11-5-6-13(18)12(9-11)14-3-1-7-21(14)10-16-20-19-15-4-2-8-22(15)16/h5-6,9,14H,1-4,7-8,10H2. The zero-order valence-corrected chi connectivity index (χ0v) is 13.1. The molecule has 0 radical (unpaired) electrons. The highest BCUT2D eigenvalue weighted by molar-refractivity contribution is 6.30. The van der Waals surface area contributed by atoms with Crippen molar-refractivity contribution in [3.63, 3.8) is 0 Å². The molecule has 1 aromatic carbocycles. The van der Waals surface area contributed by atoms with Crippen LogP contribution in [0.25, 0.3) is 0 Å². The number of halogens is 2. The van der Waals surface area contributed by atoms with Gasteiger partial charge in [0, 0.05) is 29.6 Å². The van der Waals surface area contributed by atoms with Gasteiger partial charge >= 0.3 is 0 Å². The summed E-state index contributed by atoms with van der Waals surface area (Å²) >= 11 is 6.05. The Morgan fingerprint density at radius 3 is 3.05 bits per heavy atom. The highest BCUT2D eigenvalue weighted by Gasteiger charge is 2.30. The molecule has 0 saturated carbocycles. The lowest BCUT2D eigenvalue weighted by Crippen LogP contribution is -2.25. The Bertz CT molecular complexity index is 699. The van der Waals surface area contributed by atoms with E-state index >= 15 is 0 Å². The van der Waals surface area contributed by atoms with Crippen molar-refractivity contribution in [3.8, 4) is 0 Å². The molecule has 1 unspecified atom stereocenters. The SMILES string of the molecule is Fc1ccc(Cl)cc1C1CCCN1Cc1nnc2n1CCC2. The van der Waals surface area contributed by atoms with Crippen LogP contribution < -0.4 is 0 Å². The van der Waals surface area contributed by atoms with Crippen LogP contribution in [0.3, 0.4) is 0 Å². The van der Waals surface area contributed by atoms with Crippen LogP contribution in [-0.2, 0) is 19.5 Å². The number of hydrogen-bond acceptors (Lipinski definition) is 3. The molecule has 2 aromatic rings. The predicted octanol–water partition coefficient (Wildman–Crippen LogP) is 3.35. The molecule has 0 bridgehead atoms. The first kappa shape index (κ1) is 14.2. The van der Waals surface area contributed by atoms with E-state index in [1.807, 2.05) is 0 Å². The lowest BCUT2D eigenvalue weighted by molar-refractivity contribution is 0.234. The number of aryl methyl sites for hydroxylation is 1. The van der Waals surface area contributed by atoms with Gasteiger partial charge in [-0.25, -0.2) is 4.39 Å². The van der Waals surface area contributed by atoms with Gasteiger partial charge in [0.05, 0.1) is 6.54 Å². The molecule has 1 atom stereocenters. The van der Waals surface area contributed by atoms with Crippen molar-refractivity contribution >= 4 is 11.6 Å². The number of fused-ring (bicyclic) bond motifs is 1. The number of nitrogens with zero attached hydrogens (tertiary/aromatic N) is 4. The summed E-state index contributed by atoms with van der Waals surface area (Å²) in [5.74, 6) is 1.91. The van der Waals surface area contributed by atoms with Gasteiger partial charge in [-0.1, -0.05) is 11.6 Å². The molecule has 6 heteroatoms. The summed E-state index contributed by atoms with van der Waals surface area (Å²) in [6.07, 6.45) is 4.18. The first-order valence-corrected chi connectivity index (χ1v) is 8.20. The minimum Gasteiger partial charge on any atom is -0.314 e. The van der Waals surface area contributed by atoms with Gasteiger partial charge in [0.2, 0.25) is 0 Å². The van der Waals surface area contributed by atoms with Crippen LogP contribution in [0.5, 0.6) is 0 Å². The largest absolute Gasteiger partial charge is 0.314 e. The van der Waals surface area contributed by atoms with Crippen LogP contribution in [-0.4, -0.2) is 26.2 Å². The minimum atomic E-state index is -0.173. The first-order chi connectivity index (χ1) is 10.7. The summed E-state index contributed by atoms with van der Waals surface area (Å²) in [6, 6.07) is 4.90. The fourth-order valence-corrected chi connectivity index (χ4v) is 3.83. The molecule has 116 valence electrons. The number of rotatable bonds is 3. The summed E-state index contributed by atoms with van der Waals surface area (Å²) in [4.78, 5) is 2.30. The van der Waals surface area contributed by atoms with E-state index in [4.69, 9.17) is 11.6 Å². The van der Waals surface area contributed by atoms with E-state index in [0.29, 0.717) is 10.6 Å². The van der Waals surface area contributed by atoms with Crippen LogP contribution in [0.1, 0.15) is 42.5 Å². The van der Waals surface area contributed by atoms with Crippen LogP contribution >= 0.6 is 11.6 Å². The third-order valence-electron chi connectivity index (χ3n) is 4.71. The molecule has 0 aliphatic carbocycles. The van der Waals surface area contributed by atoms with E-state index < -0.39 is 0 Å². The molecule has 22 heavy (non-hydrogen) atoms. The molecule has 0 spiro atoms. The Morgan fingerprint density at radius 2 is 2.14 bits per heavy atom. The Hall–Kier alpha value is -1.46. The van der Waals surface area contributed by atoms with Gasteiger partial charge < -0.3 is 4.57 Å². The molecular weight excluding hydrogens is 303 g/mol. The molecule has 2 aliphatic heterocycles. The number of aromatic nitrogens is 3. The summed E-state index contributed by atoms with van der Waals surface area (Å²) < 4.78 is 16.4. The van der Waals surface area contributed by atoms with Gasteiger partial charge in [-0.15, -0.1) is 10.2 Å². The Morgan fingerprint density at radius 1 is 1.23 bits per heavy atom. The van der Waals surface area contributed by atoms with E-state index in [9.17, 15) is 4.39 Å². The predicted molar refractivity (Wildman–Crippen MR) is 82.1 cm³/mol. The second-order valence-electron chi connectivity index (χ2n) is 6.08. The maximum Gasteiger partial charge on any atom is 0.147 e. The average molecular weight is 321 g/mol. The average Bonchev–Trinajstić information content (AvgIpc) is 3.20. The highest BCUT2D eigenvalue weighted by Crippen LogP contribution is 2.35. The fraction of sp³-hybridized carbons (Fsp3) is 0.500. The van der Waals surface area contributed by atoms with E-state index in [2.05, 4.69) is 19.7 Å². The van der Waals surface area contributed by atoms with Gasteiger partial charge in [-0.2, -0.15) is 0 Å². The molecule has 0 amide bonds. The van der Waals surface area contributed by atoms with Crippen LogP contribution in [0.15, 0.2) is 18.2 Å². The minimum absolute atomic E-state index is 0.0769. The lowest BCUT2D eigenvalue weighted by atomic mass is 10.0. The van der Waals surface area contributed by atoms with Crippen LogP contribution in [0.4, 0.5) is 4.39 Å². The second kappa shape index (κ2) is 5.63. The van der Waals surface area contributed by atoms with Crippen LogP contribution in [0.2, 0.25) is 5.02 Å². The third-order valence-corrected chi connectivity index (χ3v) is 4.95. The Labute approximate surface area is 133 Å². The zero-order chi connectivity index (χ0) is 15.1. The summed E-state index contributed by atoms with van der Waals surface area (Å²) in [5.41, 5.74) is 0.700. The molecule has 1 fully saturated rings.